The summed E-state index contributed by atoms with van der Waals surface area (Å²) in [4.78, 5) is 11.4. The molecule has 0 radical (unpaired) electrons. The molecular weight excluding hydrogens is 502 g/mol. The van der Waals surface area contributed by atoms with Gasteiger partial charge in [-0.05, 0) is 64.4 Å². The van der Waals surface area contributed by atoms with Gasteiger partial charge in [0.25, 0.3) is 0 Å². The van der Waals surface area contributed by atoms with E-state index < -0.39 is 23.6 Å². The molecule has 3 aromatic rings. The third kappa shape index (κ3) is 5.29. The summed E-state index contributed by atoms with van der Waals surface area (Å²) < 4.78 is 66.8. The zero-order valence-electron chi connectivity index (χ0n) is 21.6. The summed E-state index contributed by atoms with van der Waals surface area (Å²) in [6.45, 7) is 7.07. The predicted octanol–water partition coefficient (Wildman–Crippen LogP) is 5.72. The number of methoxy groups -OCH3 is 1. The van der Waals surface area contributed by atoms with Crippen LogP contribution in [0.1, 0.15) is 49.2 Å². The van der Waals surface area contributed by atoms with Crippen LogP contribution in [0.25, 0.3) is 10.9 Å². The minimum Gasteiger partial charge on any atom is -0.493 e. The molecule has 0 spiro atoms. The standard InChI is InChI=1S/C27H31F4N5O2/c1-15(18-9-17(32)10-20(24(18)28)27(29,30)31)33-25-19-11-23(22(37-3)12-21(19)34-16(2)35-25)38-14-26(5-6-26)13-36-7-4-8-36/h9-12,15H,4-8,13-14,32H2,1-3H3,(H,33,34,35)/t15-/m1/s1. The Morgan fingerprint density at radius 2 is 1.87 bits per heavy atom. The number of alkyl halides is 3. The van der Waals surface area contributed by atoms with Gasteiger partial charge in [0.1, 0.15) is 17.5 Å². The number of nitrogen functional groups attached to an aromatic ring is 1. The van der Waals surface area contributed by atoms with Gasteiger partial charge in [-0.1, -0.05) is 0 Å². The molecule has 1 aliphatic heterocycles. The first kappa shape index (κ1) is 26.3. The van der Waals surface area contributed by atoms with Gasteiger partial charge in [0, 0.05) is 34.7 Å². The Balaban J connectivity index is 1.45. The van der Waals surface area contributed by atoms with E-state index in [0.29, 0.717) is 46.7 Å². The van der Waals surface area contributed by atoms with Crippen molar-refractivity contribution in [2.45, 2.75) is 45.3 Å². The van der Waals surface area contributed by atoms with Crippen molar-refractivity contribution in [1.29, 1.82) is 0 Å². The van der Waals surface area contributed by atoms with Crippen LogP contribution in [0.2, 0.25) is 0 Å². The molecule has 1 saturated heterocycles. The van der Waals surface area contributed by atoms with Crippen LogP contribution >= 0.6 is 0 Å². The molecule has 7 nitrogen and oxygen atoms in total. The van der Waals surface area contributed by atoms with Crippen molar-refractivity contribution >= 4 is 22.4 Å². The lowest BCUT2D eigenvalue weighted by atomic mass is 10.0. The van der Waals surface area contributed by atoms with Crippen molar-refractivity contribution in [3.05, 3.63) is 47.0 Å². The van der Waals surface area contributed by atoms with Gasteiger partial charge in [0.05, 0.1) is 30.8 Å². The quantitative estimate of drug-likeness (QED) is 0.269. The zero-order valence-corrected chi connectivity index (χ0v) is 21.6. The topological polar surface area (TPSA) is 85.5 Å². The molecule has 38 heavy (non-hydrogen) atoms. The van der Waals surface area contributed by atoms with Gasteiger partial charge >= 0.3 is 6.18 Å². The maximum Gasteiger partial charge on any atom is 0.419 e. The average molecular weight is 534 g/mol. The molecule has 3 N–H and O–H groups in total. The number of aromatic nitrogens is 2. The SMILES string of the molecule is COc1cc2nc(C)nc(N[C@H](C)c3cc(N)cc(C(F)(F)F)c3F)c2cc1OCC1(CN2CCC2)CC1. The van der Waals surface area contributed by atoms with E-state index in [0.717, 1.165) is 32.5 Å². The summed E-state index contributed by atoms with van der Waals surface area (Å²) in [5, 5.41) is 3.64. The highest BCUT2D eigenvalue weighted by Gasteiger charge is 2.45. The zero-order chi connectivity index (χ0) is 27.2. The van der Waals surface area contributed by atoms with Crippen molar-refractivity contribution in [2.24, 2.45) is 5.41 Å². The lowest BCUT2D eigenvalue weighted by molar-refractivity contribution is -0.140. The first-order chi connectivity index (χ1) is 18.0. The molecule has 1 aliphatic carbocycles. The Bertz CT molecular complexity index is 1360. The van der Waals surface area contributed by atoms with Crippen LogP contribution in [0, 0.1) is 18.2 Å². The van der Waals surface area contributed by atoms with E-state index >= 15 is 0 Å². The van der Waals surface area contributed by atoms with Gasteiger partial charge < -0.3 is 25.4 Å². The van der Waals surface area contributed by atoms with E-state index in [2.05, 4.69) is 20.2 Å². The molecule has 5 rings (SSSR count). The predicted molar refractivity (Wildman–Crippen MR) is 137 cm³/mol. The Hall–Kier alpha value is -3.34. The number of halogens is 4. The molecule has 2 aliphatic rings. The van der Waals surface area contributed by atoms with E-state index in [4.69, 9.17) is 15.2 Å². The van der Waals surface area contributed by atoms with E-state index in [1.807, 2.05) is 0 Å². The maximum absolute atomic E-state index is 14.9. The largest absolute Gasteiger partial charge is 0.493 e. The third-order valence-corrected chi connectivity index (χ3v) is 7.34. The molecule has 204 valence electrons. The van der Waals surface area contributed by atoms with Gasteiger partial charge in [-0.3, -0.25) is 0 Å². The second-order valence-corrected chi connectivity index (χ2v) is 10.4. The minimum absolute atomic E-state index is 0.140. The van der Waals surface area contributed by atoms with Crippen LogP contribution in [0.5, 0.6) is 11.5 Å². The maximum atomic E-state index is 14.9. The fourth-order valence-electron chi connectivity index (χ4n) is 4.88. The number of nitrogens with zero attached hydrogens (tertiary/aromatic N) is 3. The number of benzene rings is 2. The second kappa shape index (κ2) is 9.76. The highest BCUT2D eigenvalue weighted by Crippen LogP contribution is 2.48. The van der Waals surface area contributed by atoms with Crippen LogP contribution in [-0.4, -0.2) is 48.2 Å². The van der Waals surface area contributed by atoms with E-state index in [1.54, 1.807) is 33.1 Å². The first-order valence-corrected chi connectivity index (χ1v) is 12.6. The minimum atomic E-state index is -4.87. The Morgan fingerprint density at radius 3 is 2.47 bits per heavy atom. The van der Waals surface area contributed by atoms with Gasteiger partial charge in [-0.25, -0.2) is 14.4 Å². The molecule has 2 fully saturated rings. The van der Waals surface area contributed by atoms with E-state index in [1.165, 1.54) is 12.5 Å². The number of hydrogen-bond donors (Lipinski definition) is 2. The number of aryl methyl sites for hydroxylation is 1. The van der Waals surface area contributed by atoms with Crippen LogP contribution in [0.4, 0.5) is 29.1 Å². The van der Waals surface area contributed by atoms with Gasteiger partial charge in [0.15, 0.2) is 11.5 Å². The van der Waals surface area contributed by atoms with E-state index in [-0.39, 0.29) is 16.7 Å². The fraction of sp³-hybridized carbons (Fsp3) is 0.481. The monoisotopic (exact) mass is 533 g/mol. The highest BCUT2D eigenvalue weighted by atomic mass is 19.4. The molecule has 1 atom stereocenters. The number of rotatable bonds is 9. The van der Waals surface area contributed by atoms with E-state index in [9.17, 15) is 17.6 Å². The molecule has 1 saturated carbocycles. The van der Waals surface area contributed by atoms with Crippen LogP contribution in [-0.2, 0) is 6.18 Å². The lowest BCUT2D eigenvalue weighted by Gasteiger charge is -2.34. The summed E-state index contributed by atoms with van der Waals surface area (Å²) in [5.74, 6) is 0.436. The lowest BCUT2D eigenvalue weighted by Crippen LogP contribution is -2.42. The molecular formula is C27H31F4N5O2. The number of ether oxygens (including phenoxy) is 2. The fourth-order valence-corrected chi connectivity index (χ4v) is 4.88. The Labute approximate surface area is 218 Å². The molecule has 0 amide bonds. The molecule has 0 unspecified atom stereocenters. The number of nitrogens with one attached hydrogen (secondary N) is 1. The summed E-state index contributed by atoms with van der Waals surface area (Å²) in [6, 6.07) is 4.42. The normalized spacial score (nSPS) is 17.7. The van der Waals surface area contributed by atoms with Crippen LogP contribution in [0.3, 0.4) is 0 Å². The molecule has 0 bridgehead atoms. The molecule has 2 heterocycles. The smallest absolute Gasteiger partial charge is 0.419 e. The van der Waals surface area contributed by atoms with Crippen molar-refractivity contribution in [3.63, 3.8) is 0 Å². The summed E-state index contributed by atoms with van der Waals surface area (Å²) >= 11 is 0. The summed E-state index contributed by atoms with van der Waals surface area (Å²) in [5.41, 5.74) is 4.58. The average Bonchev–Trinajstić information content (AvgIpc) is 3.60. The van der Waals surface area contributed by atoms with Gasteiger partial charge in [-0.2, -0.15) is 13.2 Å². The Morgan fingerprint density at radius 1 is 1.13 bits per heavy atom. The summed E-state index contributed by atoms with van der Waals surface area (Å²) in [7, 11) is 1.55. The highest BCUT2D eigenvalue weighted by molar-refractivity contribution is 5.92. The number of anilines is 2. The first-order valence-electron chi connectivity index (χ1n) is 12.6. The van der Waals surface area contributed by atoms with Crippen molar-refractivity contribution in [3.8, 4) is 11.5 Å². The number of hydrogen-bond acceptors (Lipinski definition) is 7. The third-order valence-electron chi connectivity index (χ3n) is 7.34. The van der Waals surface area contributed by atoms with Crippen LogP contribution in [0.15, 0.2) is 24.3 Å². The second-order valence-electron chi connectivity index (χ2n) is 10.4. The Kier molecular flexibility index (Phi) is 6.75. The van der Waals surface area contributed by atoms with Gasteiger partial charge in [0.2, 0.25) is 0 Å². The molecule has 1 aromatic heterocycles. The van der Waals surface area contributed by atoms with Crippen molar-refractivity contribution in [2.75, 3.05) is 44.4 Å². The summed E-state index contributed by atoms with van der Waals surface area (Å²) in [6.07, 6.45) is -1.42. The van der Waals surface area contributed by atoms with Gasteiger partial charge in [-0.15, -0.1) is 0 Å². The van der Waals surface area contributed by atoms with Crippen LogP contribution < -0.4 is 20.5 Å². The number of nitrogens with two attached hydrogens (primary N) is 1. The number of likely N-dealkylation sites (tertiary alicyclic amines) is 1. The van der Waals surface area contributed by atoms with Crippen molar-refractivity contribution in [1.82, 2.24) is 14.9 Å². The van der Waals surface area contributed by atoms with Crippen molar-refractivity contribution < 1.29 is 27.0 Å². The number of fused-ring (bicyclic) bond motifs is 1. The molecule has 11 heteroatoms. The molecule has 2 aromatic carbocycles.